The van der Waals surface area contributed by atoms with E-state index in [1.165, 1.54) is 17.1 Å². The third-order valence-corrected chi connectivity index (χ3v) is 4.83. The van der Waals surface area contributed by atoms with E-state index in [0.29, 0.717) is 23.4 Å². The van der Waals surface area contributed by atoms with Crippen molar-refractivity contribution in [2.75, 3.05) is 7.11 Å². The third-order valence-electron chi connectivity index (χ3n) is 4.83. The average molecular weight is 410 g/mol. The molecule has 0 saturated carbocycles. The smallest absolute Gasteiger partial charge is 0.269 e. The molecule has 1 atom stereocenters. The van der Waals surface area contributed by atoms with Gasteiger partial charge in [0, 0.05) is 30.9 Å². The number of aliphatic carboxylic acids is 1. The molecule has 9 nitrogen and oxygen atoms in total. The minimum Gasteiger partial charge on any atom is -0.550 e. The van der Waals surface area contributed by atoms with Crippen molar-refractivity contribution in [3.8, 4) is 5.75 Å². The lowest BCUT2D eigenvalue weighted by molar-refractivity contribution is -0.385. The molecule has 0 spiro atoms. The number of carbonyl (C=O) groups excluding carboxylic acids is 2. The molecule has 0 saturated heterocycles. The Balaban J connectivity index is 1.89. The molecule has 156 valence electrons. The van der Waals surface area contributed by atoms with Crippen LogP contribution in [-0.2, 0) is 9.59 Å². The fraction of sp³-hybridized carbons (Fsp3) is 0.286. The fourth-order valence-electron chi connectivity index (χ4n) is 3.30. The normalized spacial score (nSPS) is 15.6. The van der Waals surface area contributed by atoms with Gasteiger partial charge in [-0.1, -0.05) is 12.1 Å². The first-order chi connectivity index (χ1) is 14.4. The molecule has 3 rings (SSSR count). The highest BCUT2D eigenvalue weighted by atomic mass is 16.6. The summed E-state index contributed by atoms with van der Waals surface area (Å²) in [6, 6.07) is 12.8. The number of methoxy groups -OCH3 is 1. The first-order valence-electron chi connectivity index (χ1n) is 9.37. The zero-order valence-electron chi connectivity index (χ0n) is 16.3. The lowest BCUT2D eigenvalue weighted by Crippen LogP contribution is -2.28. The van der Waals surface area contributed by atoms with E-state index in [0.717, 1.165) is 5.56 Å². The second-order valence-corrected chi connectivity index (χ2v) is 6.81. The molecular formula is C21H20N3O6-. The minimum absolute atomic E-state index is 0.0151. The van der Waals surface area contributed by atoms with Gasteiger partial charge in [-0.05, 0) is 48.2 Å². The molecule has 0 fully saturated rings. The van der Waals surface area contributed by atoms with Crippen LogP contribution in [0.3, 0.4) is 0 Å². The van der Waals surface area contributed by atoms with Crippen LogP contribution in [0, 0.1) is 10.1 Å². The molecular weight excluding hydrogens is 390 g/mol. The SMILES string of the molecule is COc1ccc(C2=NN(C(=O)CCCC(=O)[O-])[C@H](c3cccc([N+](=O)[O-])c3)C2)cc1. The first-order valence-corrected chi connectivity index (χ1v) is 9.37. The highest BCUT2D eigenvalue weighted by Crippen LogP contribution is 2.35. The van der Waals surface area contributed by atoms with Crippen molar-refractivity contribution in [2.24, 2.45) is 5.10 Å². The summed E-state index contributed by atoms with van der Waals surface area (Å²) in [7, 11) is 1.56. The predicted molar refractivity (Wildman–Crippen MR) is 106 cm³/mol. The minimum atomic E-state index is -1.22. The Hall–Kier alpha value is -3.75. The average Bonchev–Trinajstić information content (AvgIpc) is 3.19. The first kappa shape index (κ1) is 21.0. The van der Waals surface area contributed by atoms with E-state index in [9.17, 15) is 24.8 Å². The molecule has 0 radical (unpaired) electrons. The van der Waals surface area contributed by atoms with Crippen molar-refractivity contribution in [3.63, 3.8) is 0 Å². The summed E-state index contributed by atoms with van der Waals surface area (Å²) >= 11 is 0. The summed E-state index contributed by atoms with van der Waals surface area (Å²) in [6.07, 6.45) is 0.265. The van der Waals surface area contributed by atoms with Gasteiger partial charge in [-0.25, -0.2) is 5.01 Å². The summed E-state index contributed by atoms with van der Waals surface area (Å²) < 4.78 is 5.16. The molecule has 0 bridgehead atoms. The van der Waals surface area contributed by atoms with Gasteiger partial charge in [0.2, 0.25) is 5.91 Å². The third kappa shape index (κ3) is 4.80. The van der Waals surface area contributed by atoms with Gasteiger partial charge >= 0.3 is 0 Å². The van der Waals surface area contributed by atoms with Gasteiger partial charge in [0.1, 0.15) is 5.75 Å². The quantitative estimate of drug-likeness (QED) is 0.485. The van der Waals surface area contributed by atoms with E-state index >= 15 is 0 Å². The summed E-state index contributed by atoms with van der Waals surface area (Å²) in [5.74, 6) is -0.888. The van der Waals surface area contributed by atoms with E-state index < -0.39 is 16.9 Å². The van der Waals surface area contributed by atoms with Gasteiger partial charge in [-0.15, -0.1) is 0 Å². The zero-order valence-corrected chi connectivity index (χ0v) is 16.3. The van der Waals surface area contributed by atoms with Crippen LogP contribution in [0.2, 0.25) is 0 Å². The molecule has 2 aromatic carbocycles. The van der Waals surface area contributed by atoms with Gasteiger partial charge in [-0.3, -0.25) is 14.9 Å². The molecule has 0 aliphatic carbocycles. The Labute approximate surface area is 172 Å². The van der Waals surface area contributed by atoms with Crippen molar-refractivity contribution in [1.82, 2.24) is 5.01 Å². The van der Waals surface area contributed by atoms with Crippen LogP contribution in [0.4, 0.5) is 5.69 Å². The standard InChI is InChI=1S/C21H21N3O6/c1-30-17-10-8-14(9-11-17)18-13-19(15-4-2-5-16(12-15)24(28)29)23(22-18)20(25)6-3-7-21(26)27/h2,4-5,8-12,19H,3,6-7,13H2,1H3,(H,26,27)/p-1/t19-/m0/s1. The van der Waals surface area contributed by atoms with Crippen LogP contribution in [0.25, 0.3) is 0 Å². The molecule has 30 heavy (non-hydrogen) atoms. The van der Waals surface area contributed by atoms with Gasteiger partial charge < -0.3 is 14.6 Å². The number of hydrogen-bond donors (Lipinski definition) is 0. The molecule has 0 unspecified atom stereocenters. The molecule has 1 heterocycles. The summed E-state index contributed by atoms with van der Waals surface area (Å²) in [4.78, 5) is 34.1. The van der Waals surface area contributed by atoms with Crippen LogP contribution in [0.5, 0.6) is 5.75 Å². The van der Waals surface area contributed by atoms with E-state index in [1.54, 1.807) is 31.4 Å². The van der Waals surface area contributed by atoms with Gasteiger partial charge in [0.25, 0.3) is 5.69 Å². The number of non-ortho nitro benzene ring substituents is 1. The number of benzene rings is 2. The molecule has 0 aromatic heterocycles. The van der Waals surface area contributed by atoms with Crippen LogP contribution >= 0.6 is 0 Å². The number of ether oxygens (including phenoxy) is 1. The van der Waals surface area contributed by atoms with Gasteiger partial charge in [0.15, 0.2) is 0 Å². The largest absolute Gasteiger partial charge is 0.550 e. The van der Waals surface area contributed by atoms with Crippen LogP contribution in [0.15, 0.2) is 53.6 Å². The number of nitrogens with zero attached hydrogens (tertiary/aromatic N) is 3. The Morgan fingerprint density at radius 3 is 2.57 bits per heavy atom. The maximum atomic E-state index is 12.8. The molecule has 1 aliphatic rings. The number of nitro groups is 1. The van der Waals surface area contributed by atoms with E-state index in [-0.39, 0.29) is 30.9 Å². The van der Waals surface area contributed by atoms with Crippen molar-refractivity contribution in [2.45, 2.75) is 31.7 Å². The second-order valence-electron chi connectivity index (χ2n) is 6.81. The Morgan fingerprint density at radius 2 is 1.93 bits per heavy atom. The number of carbonyl (C=O) groups is 2. The summed E-state index contributed by atoms with van der Waals surface area (Å²) in [5.41, 5.74) is 1.97. The lowest BCUT2D eigenvalue weighted by Gasteiger charge is -2.22. The Bertz CT molecular complexity index is 986. The fourth-order valence-corrected chi connectivity index (χ4v) is 3.30. The van der Waals surface area contributed by atoms with Crippen LogP contribution in [-0.4, -0.2) is 34.6 Å². The number of hydrogen-bond acceptors (Lipinski definition) is 7. The van der Waals surface area contributed by atoms with E-state index in [2.05, 4.69) is 5.10 Å². The van der Waals surface area contributed by atoms with Crippen LogP contribution < -0.4 is 9.84 Å². The second kappa shape index (κ2) is 9.17. The van der Waals surface area contributed by atoms with E-state index in [1.807, 2.05) is 12.1 Å². The maximum Gasteiger partial charge on any atom is 0.269 e. The van der Waals surface area contributed by atoms with Crippen LogP contribution in [0.1, 0.15) is 42.9 Å². The molecule has 1 aliphatic heterocycles. The molecule has 2 aromatic rings. The number of hydrazone groups is 1. The van der Waals surface area contributed by atoms with Gasteiger partial charge in [0.05, 0.1) is 23.8 Å². The van der Waals surface area contributed by atoms with Crippen molar-refractivity contribution in [1.29, 1.82) is 0 Å². The molecule has 9 heteroatoms. The number of rotatable bonds is 8. The molecule has 1 amide bonds. The Kier molecular flexibility index (Phi) is 6.41. The molecule has 0 N–H and O–H groups in total. The number of amides is 1. The van der Waals surface area contributed by atoms with Crippen molar-refractivity contribution in [3.05, 3.63) is 69.8 Å². The summed E-state index contributed by atoms with van der Waals surface area (Å²) in [5, 5.41) is 27.6. The predicted octanol–water partition coefficient (Wildman–Crippen LogP) is 2.20. The Morgan fingerprint density at radius 1 is 1.20 bits per heavy atom. The van der Waals surface area contributed by atoms with Crippen molar-refractivity contribution < 1.29 is 24.4 Å². The van der Waals surface area contributed by atoms with Crippen molar-refractivity contribution >= 4 is 23.3 Å². The number of carboxylic acid groups (broad SMARTS) is 1. The lowest BCUT2D eigenvalue weighted by atomic mass is 9.98. The highest BCUT2D eigenvalue weighted by Gasteiger charge is 2.33. The monoisotopic (exact) mass is 410 g/mol. The topological polar surface area (TPSA) is 125 Å². The number of nitro benzene ring substituents is 1. The van der Waals surface area contributed by atoms with E-state index in [4.69, 9.17) is 4.74 Å². The maximum absolute atomic E-state index is 12.8. The highest BCUT2D eigenvalue weighted by molar-refractivity contribution is 6.03. The van der Waals surface area contributed by atoms with Gasteiger partial charge in [-0.2, -0.15) is 5.10 Å². The number of carboxylic acids is 1. The summed E-state index contributed by atoms with van der Waals surface area (Å²) in [6.45, 7) is 0. The zero-order chi connectivity index (χ0) is 21.7.